The van der Waals surface area contributed by atoms with Gasteiger partial charge in [0.15, 0.2) is 0 Å². The summed E-state index contributed by atoms with van der Waals surface area (Å²) in [7, 11) is 0. The standard InChI is InChI=1S/C14H17Cl2N3O/c15-12-5-4-11(13(16)17-12)14(20)19-8-2-7-18-6-1-3-10(18)9-19/h4-5,10H,1-3,6-9H2. The Kier molecular flexibility index (Phi) is 4.15. The monoisotopic (exact) mass is 313 g/mol. The summed E-state index contributed by atoms with van der Waals surface area (Å²) >= 11 is 11.8. The Hall–Kier alpha value is -0.840. The van der Waals surface area contributed by atoms with Gasteiger partial charge in [-0.25, -0.2) is 4.98 Å². The van der Waals surface area contributed by atoms with Gasteiger partial charge in [0, 0.05) is 25.7 Å². The maximum atomic E-state index is 12.6. The van der Waals surface area contributed by atoms with Crippen molar-refractivity contribution in [3.63, 3.8) is 0 Å². The van der Waals surface area contributed by atoms with Crippen molar-refractivity contribution < 1.29 is 4.79 Å². The van der Waals surface area contributed by atoms with E-state index in [2.05, 4.69) is 9.88 Å². The van der Waals surface area contributed by atoms with E-state index in [-0.39, 0.29) is 11.1 Å². The molecule has 1 unspecified atom stereocenters. The molecule has 4 nitrogen and oxygen atoms in total. The van der Waals surface area contributed by atoms with Crippen LogP contribution in [-0.4, -0.2) is 52.9 Å². The van der Waals surface area contributed by atoms with Gasteiger partial charge in [0.25, 0.3) is 5.91 Å². The molecular formula is C14H17Cl2N3O. The molecule has 108 valence electrons. The van der Waals surface area contributed by atoms with E-state index in [1.54, 1.807) is 12.1 Å². The maximum Gasteiger partial charge on any atom is 0.257 e. The summed E-state index contributed by atoms with van der Waals surface area (Å²) in [5.41, 5.74) is 0.447. The zero-order valence-corrected chi connectivity index (χ0v) is 12.7. The van der Waals surface area contributed by atoms with Crippen LogP contribution in [0.2, 0.25) is 10.3 Å². The van der Waals surface area contributed by atoms with E-state index in [1.165, 1.54) is 12.8 Å². The Labute approximate surface area is 128 Å². The summed E-state index contributed by atoms with van der Waals surface area (Å²) < 4.78 is 0. The van der Waals surface area contributed by atoms with Crippen LogP contribution >= 0.6 is 23.2 Å². The molecule has 0 saturated carbocycles. The highest BCUT2D eigenvalue weighted by atomic mass is 35.5. The van der Waals surface area contributed by atoms with Gasteiger partial charge in [-0.05, 0) is 37.9 Å². The number of hydrogen-bond acceptors (Lipinski definition) is 3. The Balaban J connectivity index is 1.79. The first-order valence-corrected chi connectivity index (χ1v) is 7.76. The first-order valence-electron chi connectivity index (χ1n) is 7.00. The second kappa shape index (κ2) is 5.88. The molecule has 2 aliphatic heterocycles. The summed E-state index contributed by atoms with van der Waals surface area (Å²) in [6.07, 6.45) is 3.42. The Morgan fingerprint density at radius 1 is 1.20 bits per heavy atom. The third kappa shape index (κ3) is 2.78. The van der Waals surface area contributed by atoms with Crippen LogP contribution in [0.3, 0.4) is 0 Å². The lowest BCUT2D eigenvalue weighted by molar-refractivity contribution is 0.0743. The molecular weight excluding hydrogens is 297 g/mol. The van der Waals surface area contributed by atoms with Crippen molar-refractivity contribution in [1.29, 1.82) is 0 Å². The van der Waals surface area contributed by atoms with Crippen LogP contribution in [-0.2, 0) is 0 Å². The normalized spacial score (nSPS) is 23.5. The largest absolute Gasteiger partial charge is 0.337 e. The molecule has 2 fully saturated rings. The highest BCUT2D eigenvalue weighted by Gasteiger charge is 2.31. The van der Waals surface area contributed by atoms with E-state index in [1.807, 2.05) is 4.90 Å². The molecule has 1 aromatic rings. The molecule has 1 amide bonds. The van der Waals surface area contributed by atoms with Crippen LogP contribution in [0.1, 0.15) is 29.6 Å². The third-order valence-electron chi connectivity index (χ3n) is 4.14. The average Bonchev–Trinajstić information content (AvgIpc) is 2.75. The van der Waals surface area contributed by atoms with E-state index >= 15 is 0 Å². The summed E-state index contributed by atoms with van der Waals surface area (Å²) in [5, 5.41) is 0.499. The van der Waals surface area contributed by atoms with Crippen molar-refractivity contribution in [3.05, 3.63) is 28.0 Å². The Morgan fingerprint density at radius 3 is 2.80 bits per heavy atom. The van der Waals surface area contributed by atoms with Crippen molar-refractivity contribution in [3.8, 4) is 0 Å². The third-order valence-corrected chi connectivity index (χ3v) is 4.63. The number of carbonyl (C=O) groups is 1. The van der Waals surface area contributed by atoms with Gasteiger partial charge in [0.1, 0.15) is 10.3 Å². The zero-order chi connectivity index (χ0) is 14.1. The van der Waals surface area contributed by atoms with Gasteiger partial charge in [-0.1, -0.05) is 23.2 Å². The number of hydrogen-bond donors (Lipinski definition) is 0. The van der Waals surface area contributed by atoms with Crippen LogP contribution in [0.25, 0.3) is 0 Å². The summed E-state index contributed by atoms with van der Waals surface area (Å²) in [5.74, 6) is -0.0343. The number of amides is 1. The van der Waals surface area contributed by atoms with Gasteiger partial charge < -0.3 is 4.90 Å². The van der Waals surface area contributed by atoms with Crippen LogP contribution in [0.4, 0.5) is 0 Å². The first-order chi connectivity index (χ1) is 9.65. The Bertz CT molecular complexity index is 523. The van der Waals surface area contributed by atoms with Crippen LogP contribution in [0.5, 0.6) is 0 Å². The van der Waals surface area contributed by atoms with Gasteiger partial charge in [-0.3, -0.25) is 9.69 Å². The minimum absolute atomic E-state index is 0.0343. The fourth-order valence-corrected chi connectivity index (χ4v) is 3.56. The molecule has 3 rings (SSSR count). The molecule has 2 aliphatic rings. The minimum atomic E-state index is -0.0343. The minimum Gasteiger partial charge on any atom is -0.337 e. The Morgan fingerprint density at radius 2 is 2.00 bits per heavy atom. The lowest BCUT2D eigenvalue weighted by atomic mass is 10.2. The molecule has 1 atom stereocenters. The second-order valence-electron chi connectivity index (χ2n) is 5.41. The maximum absolute atomic E-state index is 12.6. The molecule has 0 aromatic carbocycles. The first kappa shape index (κ1) is 14.1. The molecule has 0 bridgehead atoms. The van der Waals surface area contributed by atoms with Gasteiger partial charge in [0.05, 0.1) is 5.56 Å². The smallest absolute Gasteiger partial charge is 0.257 e. The number of fused-ring (bicyclic) bond motifs is 1. The fraction of sp³-hybridized carbons (Fsp3) is 0.571. The summed E-state index contributed by atoms with van der Waals surface area (Å²) in [6.45, 7) is 3.82. The fourth-order valence-electron chi connectivity index (χ4n) is 3.13. The van der Waals surface area contributed by atoms with Crippen molar-refractivity contribution in [2.24, 2.45) is 0 Å². The van der Waals surface area contributed by atoms with E-state index < -0.39 is 0 Å². The molecule has 0 radical (unpaired) electrons. The molecule has 2 saturated heterocycles. The van der Waals surface area contributed by atoms with Crippen LogP contribution in [0, 0.1) is 0 Å². The molecule has 3 heterocycles. The molecule has 0 spiro atoms. The second-order valence-corrected chi connectivity index (χ2v) is 6.15. The number of rotatable bonds is 1. The molecule has 1 aromatic heterocycles. The van der Waals surface area contributed by atoms with Crippen molar-refractivity contribution >= 4 is 29.1 Å². The van der Waals surface area contributed by atoms with Crippen molar-refractivity contribution in [1.82, 2.24) is 14.8 Å². The summed E-state index contributed by atoms with van der Waals surface area (Å²) in [6, 6.07) is 3.78. The van der Waals surface area contributed by atoms with Crippen LogP contribution in [0.15, 0.2) is 12.1 Å². The topological polar surface area (TPSA) is 36.4 Å². The number of carbonyl (C=O) groups excluding carboxylic acids is 1. The van der Waals surface area contributed by atoms with E-state index in [9.17, 15) is 4.79 Å². The molecule has 0 aliphatic carbocycles. The van der Waals surface area contributed by atoms with E-state index in [4.69, 9.17) is 23.2 Å². The van der Waals surface area contributed by atoms with Gasteiger partial charge in [0.2, 0.25) is 0 Å². The van der Waals surface area contributed by atoms with E-state index in [0.29, 0.717) is 16.8 Å². The molecule has 6 heteroatoms. The average molecular weight is 314 g/mol. The SMILES string of the molecule is O=C(c1ccc(Cl)nc1Cl)N1CCCN2CCCC2C1. The van der Waals surface area contributed by atoms with Gasteiger partial charge >= 0.3 is 0 Å². The highest BCUT2D eigenvalue weighted by Crippen LogP contribution is 2.24. The summed E-state index contributed by atoms with van der Waals surface area (Å²) in [4.78, 5) is 21.0. The van der Waals surface area contributed by atoms with Gasteiger partial charge in [-0.15, -0.1) is 0 Å². The van der Waals surface area contributed by atoms with Gasteiger partial charge in [-0.2, -0.15) is 0 Å². The number of aromatic nitrogens is 1. The predicted octanol–water partition coefficient (Wildman–Crippen LogP) is 2.70. The van der Waals surface area contributed by atoms with E-state index in [0.717, 1.165) is 32.6 Å². The van der Waals surface area contributed by atoms with Crippen molar-refractivity contribution in [2.45, 2.75) is 25.3 Å². The quantitative estimate of drug-likeness (QED) is 0.748. The molecule has 20 heavy (non-hydrogen) atoms. The number of nitrogens with zero attached hydrogens (tertiary/aromatic N) is 3. The predicted molar refractivity (Wildman–Crippen MR) is 79.4 cm³/mol. The van der Waals surface area contributed by atoms with Crippen LogP contribution < -0.4 is 0 Å². The zero-order valence-electron chi connectivity index (χ0n) is 11.2. The number of pyridine rings is 1. The van der Waals surface area contributed by atoms with Crippen molar-refractivity contribution in [2.75, 3.05) is 26.2 Å². The highest BCUT2D eigenvalue weighted by molar-refractivity contribution is 6.34. The lowest BCUT2D eigenvalue weighted by Crippen LogP contribution is -2.39. The number of halogens is 2. The molecule has 0 N–H and O–H groups in total. The lowest BCUT2D eigenvalue weighted by Gasteiger charge is -2.25.